The lowest BCUT2D eigenvalue weighted by Crippen LogP contribution is -2.24. The van der Waals surface area contributed by atoms with Gasteiger partial charge in [0.15, 0.2) is 18.1 Å². The fourth-order valence-corrected chi connectivity index (χ4v) is 3.05. The molecule has 1 N–H and O–H groups in total. The van der Waals surface area contributed by atoms with E-state index in [0.29, 0.717) is 5.56 Å². The smallest absolute Gasteiger partial charge is 0.343 e. The number of hydrazone groups is 1. The van der Waals surface area contributed by atoms with Crippen LogP contribution in [0.5, 0.6) is 17.2 Å². The molecule has 8 nitrogen and oxygen atoms in total. The van der Waals surface area contributed by atoms with Crippen molar-refractivity contribution in [1.82, 2.24) is 5.43 Å². The van der Waals surface area contributed by atoms with E-state index in [4.69, 9.17) is 19.5 Å². The largest absolute Gasteiger partial charge is 0.493 e. The SMILES string of the molecule is COc1cc(/C=N/NC(=O)COc2ccc(Br)cc2C#N)ccc1OC(=O)c1cccc(F)c1. The second-order valence-corrected chi connectivity index (χ2v) is 7.56. The molecule has 1 amide bonds. The van der Waals surface area contributed by atoms with Gasteiger partial charge in [0.25, 0.3) is 5.91 Å². The molecule has 0 bridgehead atoms. The molecule has 3 aromatic carbocycles. The van der Waals surface area contributed by atoms with Gasteiger partial charge in [-0.05, 0) is 60.2 Å². The molecule has 0 radical (unpaired) electrons. The number of amides is 1. The summed E-state index contributed by atoms with van der Waals surface area (Å²) in [6, 6.07) is 16.6. The fraction of sp³-hybridized carbons (Fsp3) is 0.0833. The number of hydrogen-bond donors (Lipinski definition) is 1. The van der Waals surface area contributed by atoms with Crippen LogP contribution in [0, 0.1) is 17.1 Å². The molecule has 0 aliphatic rings. The number of esters is 1. The summed E-state index contributed by atoms with van der Waals surface area (Å²) in [5.74, 6) is -1.18. The second kappa shape index (κ2) is 11.6. The first kappa shape index (κ1) is 24.4. The van der Waals surface area contributed by atoms with E-state index in [1.165, 1.54) is 37.6 Å². The maximum absolute atomic E-state index is 13.3. The first-order valence-electron chi connectivity index (χ1n) is 9.69. The normalized spacial score (nSPS) is 10.4. The van der Waals surface area contributed by atoms with Crippen LogP contribution in [0.15, 0.2) is 70.2 Å². The Morgan fingerprint density at radius 1 is 1.12 bits per heavy atom. The molecule has 0 atom stereocenters. The predicted molar refractivity (Wildman–Crippen MR) is 124 cm³/mol. The van der Waals surface area contributed by atoms with Crippen LogP contribution in [-0.2, 0) is 4.79 Å². The molecule has 0 spiro atoms. The average molecular weight is 526 g/mol. The Morgan fingerprint density at radius 3 is 2.65 bits per heavy atom. The molecule has 10 heteroatoms. The van der Waals surface area contributed by atoms with Crippen molar-refractivity contribution in [1.29, 1.82) is 5.26 Å². The third kappa shape index (κ3) is 6.63. The minimum atomic E-state index is -0.739. The second-order valence-electron chi connectivity index (χ2n) is 6.64. The van der Waals surface area contributed by atoms with Gasteiger partial charge < -0.3 is 14.2 Å². The van der Waals surface area contributed by atoms with Crippen LogP contribution in [0.25, 0.3) is 0 Å². The maximum Gasteiger partial charge on any atom is 0.343 e. The summed E-state index contributed by atoms with van der Waals surface area (Å²) < 4.78 is 29.9. The molecule has 0 aliphatic heterocycles. The van der Waals surface area contributed by atoms with Gasteiger partial charge in [-0.1, -0.05) is 22.0 Å². The van der Waals surface area contributed by atoms with E-state index in [-0.39, 0.29) is 35.0 Å². The summed E-state index contributed by atoms with van der Waals surface area (Å²) in [5.41, 5.74) is 3.20. The predicted octanol–water partition coefficient (Wildman–Crippen LogP) is 4.22. The monoisotopic (exact) mass is 525 g/mol. The molecule has 0 aromatic heterocycles. The third-order valence-corrected chi connectivity index (χ3v) is 4.77. The number of nitrogens with one attached hydrogen (secondary N) is 1. The molecule has 0 unspecified atom stereocenters. The number of rotatable bonds is 8. The Kier molecular flexibility index (Phi) is 8.32. The Bertz CT molecular complexity index is 1290. The van der Waals surface area contributed by atoms with Gasteiger partial charge in [-0.2, -0.15) is 10.4 Å². The number of hydrogen-bond acceptors (Lipinski definition) is 7. The lowest BCUT2D eigenvalue weighted by Gasteiger charge is -2.10. The van der Waals surface area contributed by atoms with Gasteiger partial charge in [-0.3, -0.25) is 4.79 Å². The highest BCUT2D eigenvalue weighted by Crippen LogP contribution is 2.28. The summed E-state index contributed by atoms with van der Waals surface area (Å²) in [6.45, 7) is -0.341. The lowest BCUT2D eigenvalue weighted by molar-refractivity contribution is -0.123. The van der Waals surface area contributed by atoms with Crippen LogP contribution in [-0.4, -0.2) is 31.8 Å². The van der Waals surface area contributed by atoms with E-state index >= 15 is 0 Å². The van der Waals surface area contributed by atoms with Crippen molar-refractivity contribution >= 4 is 34.0 Å². The van der Waals surface area contributed by atoms with Crippen LogP contribution in [0.1, 0.15) is 21.5 Å². The molecule has 3 rings (SSSR count). The van der Waals surface area contributed by atoms with Crippen LogP contribution < -0.4 is 19.6 Å². The molecule has 3 aromatic rings. The highest BCUT2D eigenvalue weighted by Gasteiger charge is 2.13. The number of nitrogens with zero attached hydrogens (tertiary/aromatic N) is 2. The number of methoxy groups -OCH3 is 1. The molecule has 34 heavy (non-hydrogen) atoms. The van der Waals surface area contributed by atoms with E-state index in [9.17, 15) is 14.0 Å². The van der Waals surface area contributed by atoms with Crippen molar-refractivity contribution in [2.75, 3.05) is 13.7 Å². The van der Waals surface area contributed by atoms with Crippen LogP contribution in [0.2, 0.25) is 0 Å². The first-order chi connectivity index (χ1) is 16.4. The Balaban J connectivity index is 1.58. The highest BCUT2D eigenvalue weighted by atomic mass is 79.9. The molecule has 0 heterocycles. The molecular formula is C24H17BrFN3O5. The van der Waals surface area contributed by atoms with Crippen molar-refractivity contribution in [3.63, 3.8) is 0 Å². The molecular weight excluding hydrogens is 509 g/mol. The van der Waals surface area contributed by atoms with Gasteiger partial charge in [0, 0.05) is 4.47 Å². The van der Waals surface area contributed by atoms with Crippen molar-refractivity contribution in [2.24, 2.45) is 5.10 Å². The fourth-order valence-electron chi connectivity index (χ4n) is 2.69. The lowest BCUT2D eigenvalue weighted by atomic mass is 10.2. The summed E-state index contributed by atoms with van der Waals surface area (Å²) in [4.78, 5) is 24.2. The van der Waals surface area contributed by atoms with E-state index in [1.54, 1.807) is 30.3 Å². The summed E-state index contributed by atoms with van der Waals surface area (Å²) >= 11 is 3.26. The first-order valence-corrected chi connectivity index (χ1v) is 10.5. The highest BCUT2D eigenvalue weighted by molar-refractivity contribution is 9.10. The van der Waals surface area contributed by atoms with Gasteiger partial charge in [-0.25, -0.2) is 14.6 Å². The number of carbonyl (C=O) groups excluding carboxylic acids is 2. The number of carbonyl (C=O) groups is 2. The van der Waals surface area contributed by atoms with Crippen LogP contribution in [0.3, 0.4) is 0 Å². The standard InChI is InChI=1S/C24H17BrFN3O5/c1-32-22-9-15(5-7-21(22)34-24(31)16-3-2-4-19(26)11-16)13-28-29-23(30)14-33-20-8-6-18(25)10-17(20)12-27/h2-11,13H,14H2,1H3,(H,29,30)/b28-13+. The number of benzene rings is 3. The molecule has 0 aliphatic carbocycles. The van der Waals surface area contributed by atoms with Gasteiger partial charge in [0.05, 0.1) is 24.5 Å². The maximum atomic E-state index is 13.3. The van der Waals surface area contributed by atoms with E-state index < -0.39 is 17.7 Å². The third-order valence-electron chi connectivity index (χ3n) is 4.27. The van der Waals surface area contributed by atoms with E-state index in [1.807, 2.05) is 6.07 Å². The molecule has 0 saturated heterocycles. The van der Waals surface area contributed by atoms with Crippen LogP contribution in [0.4, 0.5) is 4.39 Å². The Hall–Kier alpha value is -4.23. The Labute approximate surface area is 202 Å². The zero-order valence-electron chi connectivity index (χ0n) is 17.7. The molecule has 172 valence electrons. The minimum absolute atomic E-state index is 0.0580. The van der Waals surface area contributed by atoms with Gasteiger partial charge in [0.1, 0.15) is 17.6 Å². The van der Waals surface area contributed by atoms with Gasteiger partial charge in [-0.15, -0.1) is 0 Å². The Morgan fingerprint density at radius 2 is 1.91 bits per heavy atom. The zero-order valence-corrected chi connectivity index (χ0v) is 19.3. The van der Waals surface area contributed by atoms with Gasteiger partial charge in [0.2, 0.25) is 0 Å². The summed E-state index contributed by atoms with van der Waals surface area (Å²) in [5, 5.41) is 13.0. The summed E-state index contributed by atoms with van der Waals surface area (Å²) in [7, 11) is 1.40. The number of ether oxygens (including phenoxy) is 3. The minimum Gasteiger partial charge on any atom is -0.493 e. The van der Waals surface area contributed by atoms with Crippen LogP contribution >= 0.6 is 15.9 Å². The van der Waals surface area contributed by atoms with Crippen molar-refractivity contribution in [3.05, 3.63) is 87.6 Å². The zero-order chi connectivity index (χ0) is 24.5. The van der Waals surface area contributed by atoms with Crippen molar-refractivity contribution in [2.45, 2.75) is 0 Å². The topological polar surface area (TPSA) is 110 Å². The quantitative estimate of drug-likeness (QED) is 0.204. The van der Waals surface area contributed by atoms with Crippen molar-refractivity contribution < 1.29 is 28.2 Å². The number of nitriles is 1. The number of halogens is 2. The van der Waals surface area contributed by atoms with E-state index in [2.05, 4.69) is 26.5 Å². The average Bonchev–Trinajstić information content (AvgIpc) is 2.83. The summed E-state index contributed by atoms with van der Waals surface area (Å²) in [6.07, 6.45) is 1.36. The molecule has 0 fully saturated rings. The molecule has 0 saturated carbocycles. The van der Waals surface area contributed by atoms with Gasteiger partial charge >= 0.3 is 5.97 Å². The van der Waals surface area contributed by atoms with Crippen molar-refractivity contribution in [3.8, 4) is 23.3 Å². The van der Waals surface area contributed by atoms with E-state index in [0.717, 1.165) is 10.5 Å².